The number of carbonyl (C=O) groups is 1. The van der Waals surface area contributed by atoms with Gasteiger partial charge in [0.25, 0.3) is 0 Å². The zero-order valence-electron chi connectivity index (χ0n) is 11.3. The maximum absolute atomic E-state index is 11.4. The van der Waals surface area contributed by atoms with E-state index in [4.69, 9.17) is 5.73 Å². The Morgan fingerprint density at radius 3 is 2.90 bits per heavy atom. The second kappa shape index (κ2) is 5.02. The summed E-state index contributed by atoms with van der Waals surface area (Å²) in [5, 5.41) is 2.88. The number of anilines is 1. The largest absolute Gasteiger partial charge is 0.326 e. The van der Waals surface area contributed by atoms with Gasteiger partial charge in [-0.2, -0.15) is 0 Å². The van der Waals surface area contributed by atoms with Crippen molar-refractivity contribution >= 4 is 11.6 Å². The molecule has 3 rings (SSSR count). The van der Waals surface area contributed by atoms with Crippen molar-refractivity contribution in [1.82, 2.24) is 9.97 Å². The zero-order valence-corrected chi connectivity index (χ0v) is 11.3. The molecular weight excluding hydrogens is 252 g/mol. The standard InChI is InChI=1S/C15H16N4O/c1-9-17-12(8-16)7-14(18-9)11-2-4-13-10(6-11)3-5-15(20)19-13/h2,4,6-7H,3,5,8,16H2,1H3,(H,19,20). The summed E-state index contributed by atoms with van der Waals surface area (Å²) in [6.07, 6.45) is 1.30. The van der Waals surface area contributed by atoms with E-state index in [0.29, 0.717) is 18.8 Å². The summed E-state index contributed by atoms with van der Waals surface area (Å²) in [6.45, 7) is 2.26. The van der Waals surface area contributed by atoms with Crippen LogP contribution >= 0.6 is 0 Å². The van der Waals surface area contributed by atoms with E-state index in [9.17, 15) is 4.79 Å². The lowest BCUT2D eigenvalue weighted by molar-refractivity contribution is -0.116. The number of aromatic nitrogens is 2. The van der Waals surface area contributed by atoms with Crippen molar-refractivity contribution < 1.29 is 4.79 Å². The van der Waals surface area contributed by atoms with E-state index >= 15 is 0 Å². The highest BCUT2D eigenvalue weighted by atomic mass is 16.1. The van der Waals surface area contributed by atoms with Crippen LogP contribution in [0.4, 0.5) is 5.69 Å². The first-order valence-corrected chi connectivity index (χ1v) is 6.63. The van der Waals surface area contributed by atoms with Crippen LogP contribution in [-0.4, -0.2) is 15.9 Å². The zero-order chi connectivity index (χ0) is 14.1. The van der Waals surface area contributed by atoms with Gasteiger partial charge in [-0.25, -0.2) is 9.97 Å². The van der Waals surface area contributed by atoms with Crippen LogP contribution in [0.5, 0.6) is 0 Å². The highest BCUT2D eigenvalue weighted by Crippen LogP contribution is 2.28. The normalized spacial score (nSPS) is 13.8. The Morgan fingerprint density at radius 2 is 2.10 bits per heavy atom. The summed E-state index contributed by atoms with van der Waals surface area (Å²) >= 11 is 0. The molecule has 1 aliphatic rings. The highest BCUT2D eigenvalue weighted by molar-refractivity contribution is 5.94. The molecule has 0 spiro atoms. The van der Waals surface area contributed by atoms with Gasteiger partial charge in [0, 0.05) is 24.2 Å². The van der Waals surface area contributed by atoms with Gasteiger partial charge in [-0.1, -0.05) is 6.07 Å². The number of carbonyl (C=O) groups excluding carboxylic acids is 1. The van der Waals surface area contributed by atoms with Gasteiger partial charge in [0.15, 0.2) is 0 Å². The molecule has 102 valence electrons. The number of rotatable bonds is 2. The smallest absolute Gasteiger partial charge is 0.224 e. The summed E-state index contributed by atoms with van der Waals surface area (Å²) < 4.78 is 0. The predicted octanol–water partition coefficient (Wildman–Crippen LogP) is 1.80. The number of nitrogens with zero attached hydrogens (tertiary/aromatic N) is 2. The summed E-state index contributed by atoms with van der Waals surface area (Å²) in [4.78, 5) is 20.1. The third-order valence-electron chi connectivity index (χ3n) is 3.40. The van der Waals surface area contributed by atoms with Gasteiger partial charge in [0.2, 0.25) is 5.91 Å². The van der Waals surface area contributed by atoms with Crippen LogP contribution in [0.2, 0.25) is 0 Å². The van der Waals surface area contributed by atoms with Crippen LogP contribution in [0.25, 0.3) is 11.3 Å². The molecule has 0 atom stereocenters. The Labute approximate surface area is 117 Å². The molecule has 20 heavy (non-hydrogen) atoms. The minimum atomic E-state index is 0.0774. The van der Waals surface area contributed by atoms with Crippen LogP contribution in [0, 0.1) is 6.92 Å². The van der Waals surface area contributed by atoms with Crippen molar-refractivity contribution in [3.05, 3.63) is 41.3 Å². The molecule has 0 saturated carbocycles. The third-order valence-corrected chi connectivity index (χ3v) is 3.40. The van der Waals surface area contributed by atoms with Gasteiger partial charge >= 0.3 is 0 Å². The molecule has 1 aromatic carbocycles. The molecule has 3 N–H and O–H groups in total. The fraction of sp³-hybridized carbons (Fsp3) is 0.267. The highest BCUT2D eigenvalue weighted by Gasteiger charge is 2.15. The molecule has 1 aromatic heterocycles. The van der Waals surface area contributed by atoms with Crippen molar-refractivity contribution in [2.75, 3.05) is 5.32 Å². The average molecular weight is 268 g/mol. The molecule has 5 nitrogen and oxygen atoms in total. The Kier molecular flexibility index (Phi) is 3.20. The minimum Gasteiger partial charge on any atom is -0.326 e. The maximum atomic E-state index is 11.4. The van der Waals surface area contributed by atoms with Gasteiger partial charge in [-0.15, -0.1) is 0 Å². The lowest BCUT2D eigenvalue weighted by Gasteiger charge is -2.17. The predicted molar refractivity (Wildman–Crippen MR) is 77.0 cm³/mol. The molecule has 0 unspecified atom stereocenters. The summed E-state index contributed by atoms with van der Waals surface area (Å²) in [6, 6.07) is 7.89. The van der Waals surface area contributed by atoms with Crippen LogP contribution < -0.4 is 11.1 Å². The van der Waals surface area contributed by atoms with Crippen molar-refractivity contribution in [3.8, 4) is 11.3 Å². The van der Waals surface area contributed by atoms with Gasteiger partial charge in [0.05, 0.1) is 11.4 Å². The molecular formula is C15H16N4O. The molecule has 1 aliphatic heterocycles. The van der Waals surface area contributed by atoms with Crippen molar-refractivity contribution in [2.24, 2.45) is 5.73 Å². The van der Waals surface area contributed by atoms with E-state index < -0.39 is 0 Å². The van der Waals surface area contributed by atoms with E-state index in [2.05, 4.69) is 21.4 Å². The maximum Gasteiger partial charge on any atom is 0.224 e. The lowest BCUT2D eigenvalue weighted by Crippen LogP contribution is -2.18. The molecule has 5 heteroatoms. The number of hydrogen-bond acceptors (Lipinski definition) is 4. The minimum absolute atomic E-state index is 0.0774. The molecule has 0 saturated heterocycles. The monoisotopic (exact) mass is 268 g/mol. The van der Waals surface area contributed by atoms with Crippen molar-refractivity contribution in [2.45, 2.75) is 26.3 Å². The van der Waals surface area contributed by atoms with E-state index in [0.717, 1.165) is 34.6 Å². The molecule has 1 amide bonds. The lowest BCUT2D eigenvalue weighted by atomic mass is 9.99. The second-order valence-corrected chi connectivity index (χ2v) is 4.92. The quantitative estimate of drug-likeness (QED) is 0.870. The Morgan fingerprint density at radius 1 is 1.25 bits per heavy atom. The fourth-order valence-electron chi connectivity index (χ4n) is 2.42. The van der Waals surface area contributed by atoms with E-state index in [1.54, 1.807) is 0 Å². The molecule has 0 aliphatic carbocycles. The second-order valence-electron chi connectivity index (χ2n) is 4.92. The molecule has 0 bridgehead atoms. The number of fused-ring (bicyclic) bond motifs is 1. The Hall–Kier alpha value is -2.27. The summed E-state index contributed by atoms with van der Waals surface area (Å²) in [5.41, 5.74) is 10.4. The van der Waals surface area contributed by atoms with Crippen molar-refractivity contribution in [1.29, 1.82) is 0 Å². The summed E-state index contributed by atoms with van der Waals surface area (Å²) in [7, 11) is 0. The van der Waals surface area contributed by atoms with Gasteiger partial charge in [-0.05, 0) is 37.1 Å². The molecule has 2 aromatic rings. The Bertz CT molecular complexity index is 682. The van der Waals surface area contributed by atoms with Crippen LogP contribution in [0.1, 0.15) is 23.5 Å². The number of nitrogens with two attached hydrogens (primary N) is 1. The van der Waals surface area contributed by atoms with Crippen LogP contribution in [0.3, 0.4) is 0 Å². The van der Waals surface area contributed by atoms with Gasteiger partial charge in [-0.3, -0.25) is 4.79 Å². The number of aryl methyl sites for hydroxylation is 2. The number of amides is 1. The first kappa shape index (κ1) is 12.7. The summed E-state index contributed by atoms with van der Waals surface area (Å²) in [5.74, 6) is 0.794. The first-order chi connectivity index (χ1) is 9.65. The Balaban J connectivity index is 2.03. The fourth-order valence-corrected chi connectivity index (χ4v) is 2.42. The van der Waals surface area contributed by atoms with Gasteiger partial charge < -0.3 is 11.1 Å². The van der Waals surface area contributed by atoms with Crippen LogP contribution in [-0.2, 0) is 17.8 Å². The van der Waals surface area contributed by atoms with E-state index in [1.165, 1.54) is 0 Å². The number of hydrogen-bond donors (Lipinski definition) is 2. The first-order valence-electron chi connectivity index (χ1n) is 6.63. The number of nitrogens with one attached hydrogen (secondary N) is 1. The van der Waals surface area contributed by atoms with E-state index in [1.807, 2.05) is 25.1 Å². The average Bonchev–Trinajstić information content (AvgIpc) is 2.46. The van der Waals surface area contributed by atoms with E-state index in [-0.39, 0.29) is 5.91 Å². The molecule has 2 heterocycles. The van der Waals surface area contributed by atoms with Gasteiger partial charge in [0.1, 0.15) is 5.82 Å². The van der Waals surface area contributed by atoms with Crippen LogP contribution in [0.15, 0.2) is 24.3 Å². The number of benzene rings is 1. The molecule has 0 fully saturated rings. The molecule has 0 radical (unpaired) electrons. The topological polar surface area (TPSA) is 80.9 Å². The van der Waals surface area contributed by atoms with Crippen molar-refractivity contribution in [3.63, 3.8) is 0 Å². The SMILES string of the molecule is Cc1nc(CN)cc(-c2ccc3c(c2)CCC(=O)N3)n1. The third kappa shape index (κ3) is 2.40.